The van der Waals surface area contributed by atoms with Crippen LogP contribution in [0, 0.1) is 0 Å². The summed E-state index contributed by atoms with van der Waals surface area (Å²) in [5.74, 6) is 0. The van der Waals surface area contributed by atoms with Crippen molar-refractivity contribution in [2.75, 3.05) is 0 Å². The Balaban J connectivity index is 3.24. The maximum absolute atomic E-state index is 9.78. The molecule has 4 heteroatoms. The lowest BCUT2D eigenvalue weighted by Crippen LogP contribution is -2.39. The molecule has 0 saturated heterocycles. The molecule has 48 valence electrons. The molecule has 0 fully saturated rings. The fourth-order valence-corrected chi connectivity index (χ4v) is 0.261. The molecule has 0 aliphatic rings. The van der Waals surface area contributed by atoms with Gasteiger partial charge in [-0.05, 0) is 6.42 Å². The van der Waals surface area contributed by atoms with Crippen LogP contribution in [0.15, 0.2) is 0 Å². The minimum atomic E-state index is -1.07. The van der Waals surface area contributed by atoms with Gasteiger partial charge in [0.15, 0.2) is 0 Å². The smallest absolute Gasteiger partial charge is 0.405 e. The quantitative estimate of drug-likeness (QED) is 0.445. The van der Waals surface area contributed by atoms with Crippen LogP contribution in [0.25, 0.3) is 0 Å². The summed E-state index contributed by atoms with van der Waals surface area (Å²) in [5, 5.41) is 10.1. The molecule has 0 aliphatic carbocycles. The van der Waals surface area contributed by atoms with Crippen LogP contribution in [-0.4, -0.2) is 17.4 Å². The van der Waals surface area contributed by atoms with Gasteiger partial charge in [0.25, 0.3) is 0 Å². The van der Waals surface area contributed by atoms with Crippen LogP contribution in [0.1, 0.15) is 13.3 Å². The number of amides is 1. The van der Waals surface area contributed by atoms with Gasteiger partial charge in [0.1, 0.15) is 0 Å². The highest BCUT2D eigenvalue weighted by Gasteiger charge is 1.99. The van der Waals surface area contributed by atoms with Crippen molar-refractivity contribution < 1.29 is 9.90 Å². The molecular formula is C4H10N2O2. The Bertz CT molecular complexity index is 84.1. The van der Waals surface area contributed by atoms with E-state index in [1.165, 1.54) is 0 Å². The summed E-state index contributed by atoms with van der Waals surface area (Å²) < 4.78 is 0. The first-order valence-corrected chi connectivity index (χ1v) is 2.42. The Labute approximate surface area is 47.7 Å². The highest BCUT2D eigenvalue weighted by Crippen LogP contribution is 1.77. The Morgan fingerprint density at radius 3 is 2.62 bits per heavy atom. The maximum Gasteiger partial charge on any atom is 0.405 e. The first-order chi connectivity index (χ1) is 3.66. The lowest BCUT2D eigenvalue weighted by Gasteiger charge is -2.05. The summed E-state index contributed by atoms with van der Waals surface area (Å²) in [4.78, 5) is 9.78. The second-order valence-corrected chi connectivity index (χ2v) is 1.46. The highest BCUT2D eigenvalue weighted by molar-refractivity contribution is 5.64. The Morgan fingerprint density at radius 1 is 2.00 bits per heavy atom. The van der Waals surface area contributed by atoms with Crippen LogP contribution in [0.2, 0.25) is 0 Å². The van der Waals surface area contributed by atoms with E-state index >= 15 is 0 Å². The van der Waals surface area contributed by atoms with E-state index in [-0.39, 0.29) is 0 Å². The lowest BCUT2D eigenvalue weighted by molar-refractivity contribution is 0.190. The Hall–Kier alpha value is -0.770. The molecule has 4 nitrogen and oxygen atoms in total. The summed E-state index contributed by atoms with van der Waals surface area (Å²) in [6, 6.07) is 0. The standard InChI is InChI=1S/C4H10N2O2/c1-2-3(5)6-4(7)8/h3,6H,2,5H2,1H3,(H,7,8). The van der Waals surface area contributed by atoms with Crippen molar-refractivity contribution in [1.29, 1.82) is 0 Å². The number of nitrogens with one attached hydrogen (secondary N) is 1. The summed E-state index contributed by atoms with van der Waals surface area (Å²) in [5.41, 5.74) is 5.18. The van der Waals surface area contributed by atoms with Crippen LogP contribution >= 0.6 is 0 Å². The average molecular weight is 118 g/mol. The number of rotatable bonds is 2. The Kier molecular flexibility index (Phi) is 2.95. The third-order valence-corrected chi connectivity index (χ3v) is 0.749. The molecule has 1 amide bonds. The van der Waals surface area contributed by atoms with Crippen molar-refractivity contribution in [3.63, 3.8) is 0 Å². The molecule has 0 saturated carbocycles. The van der Waals surface area contributed by atoms with Crippen molar-refractivity contribution in [3.05, 3.63) is 0 Å². The molecular weight excluding hydrogens is 108 g/mol. The zero-order valence-corrected chi connectivity index (χ0v) is 4.72. The zero-order chi connectivity index (χ0) is 6.57. The summed E-state index contributed by atoms with van der Waals surface area (Å²) in [6.07, 6.45) is -0.876. The maximum atomic E-state index is 9.78. The third-order valence-electron chi connectivity index (χ3n) is 0.749. The second-order valence-electron chi connectivity index (χ2n) is 1.46. The van der Waals surface area contributed by atoms with E-state index in [4.69, 9.17) is 10.8 Å². The van der Waals surface area contributed by atoms with Gasteiger partial charge >= 0.3 is 6.09 Å². The number of hydrogen-bond acceptors (Lipinski definition) is 2. The van der Waals surface area contributed by atoms with Crippen molar-refractivity contribution >= 4 is 6.09 Å². The topological polar surface area (TPSA) is 75.3 Å². The summed E-state index contributed by atoms with van der Waals surface area (Å²) in [7, 11) is 0. The molecule has 0 aliphatic heterocycles. The third kappa shape index (κ3) is 3.42. The van der Waals surface area contributed by atoms with Gasteiger partial charge < -0.3 is 16.2 Å². The first-order valence-electron chi connectivity index (χ1n) is 2.42. The van der Waals surface area contributed by atoms with Gasteiger partial charge in [0.2, 0.25) is 0 Å². The SMILES string of the molecule is CCC(N)NC(=O)O. The molecule has 0 rings (SSSR count). The number of nitrogens with two attached hydrogens (primary N) is 1. The van der Waals surface area contributed by atoms with E-state index in [1.54, 1.807) is 6.92 Å². The van der Waals surface area contributed by atoms with Crippen LogP contribution in [0.5, 0.6) is 0 Å². The van der Waals surface area contributed by atoms with Crippen LogP contribution < -0.4 is 11.1 Å². The van der Waals surface area contributed by atoms with E-state index < -0.39 is 12.3 Å². The summed E-state index contributed by atoms with van der Waals surface area (Å²) >= 11 is 0. The fourth-order valence-electron chi connectivity index (χ4n) is 0.261. The molecule has 1 atom stereocenters. The normalized spacial score (nSPS) is 12.8. The van der Waals surface area contributed by atoms with Gasteiger partial charge in [0, 0.05) is 0 Å². The molecule has 4 N–H and O–H groups in total. The van der Waals surface area contributed by atoms with E-state index in [0.29, 0.717) is 6.42 Å². The van der Waals surface area contributed by atoms with Crippen molar-refractivity contribution in [2.45, 2.75) is 19.5 Å². The van der Waals surface area contributed by atoms with E-state index in [0.717, 1.165) is 0 Å². The van der Waals surface area contributed by atoms with Crippen molar-refractivity contribution in [2.24, 2.45) is 5.73 Å². The van der Waals surface area contributed by atoms with Crippen LogP contribution in [0.3, 0.4) is 0 Å². The number of carbonyl (C=O) groups is 1. The van der Waals surface area contributed by atoms with Crippen molar-refractivity contribution in [1.82, 2.24) is 5.32 Å². The van der Waals surface area contributed by atoms with Gasteiger partial charge in [-0.3, -0.25) is 0 Å². The summed E-state index contributed by atoms with van der Waals surface area (Å²) in [6.45, 7) is 1.81. The van der Waals surface area contributed by atoms with Crippen molar-refractivity contribution in [3.8, 4) is 0 Å². The molecule has 0 radical (unpaired) electrons. The van der Waals surface area contributed by atoms with E-state index in [9.17, 15) is 4.79 Å². The molecule has 8 heavy (non-hydrogen) atoms. The predicted molar refractivity (Wildman–Crippen MR) is 29.4 cm³/mol. The van der Waals surface area contributed by atoms with Gasteiger partial charge in [0.05, 0.1) is 6.17 Å². The minimum absolute atomic E-state index is 0.424. The number of hydrogen-bond donors (Lipinski definition) is 3. The fraction of sp³-hybridized carbons (Fsp3) is 0.750. The van der Waals surface area contributed by atoms with Crippen LogP contribution in [-0.2, 0) is 0 Å². The molecule has 0 aromatic rings. The largest absolute Gasteiger partial charge is 0.465 e. The number of carboxylic acid groups (broad SMARTS) is 1. The molecule has 0 aromatic heterocycles. The monoisotopic (exact) mass is 118 g/mol. The molecule has 0 spiro atoms. The van der Waals surface area contributed by atoms with E-state index in [1.807, 2.05) is 0 Å². The molecule has 0 aromatic carbocycles. The molecule has 1 unspecified atom stereocenters. The van der Waals surface area contributed by atoms with Gasteiger partial charge in [-0.1, -0.05) is 6.92 Å². The highest BCUT2D eigenvalue weighted by atomic mass is 16.4. The van der Waals surface area contributed by atoms with Gasteiger partial charge in [-0.25, -0.2) is 4.79 Å². The van der Waals surface area contributed by atoms with Crippen LogP contribution in [0.4, 0.5) is 4.79 Å². The zero-order valence-electron chi connectivity index (χ0n) is 4.72. The molecule has 0 bridgehead atoms. The van der Waals surface area contributed by atoms with E-state index in [2.05, 4.69) is 5.32 Å². The van der Waals surface area contributed by atoms with Gasteiger partial charge in [-0.15, -0.1) is 0 Å². The Morgan fingerprint density at radius 2 is 2.50 bits per heavy atom. The average Bonchev–Trinajstić information content (AvgIpc) is 1.65. The first kappa shape index (κ1) is 7.23. The lowest BCUT2D eigenvalue weighted by atomic mass is 10.4. The van der Waals surface area contributed by atoms with Gasteiger partial charge in [-0.2, -0.15) is 0 Å². The second kappa shape index (κ2) is 3.26. The molecule has 0 heterocycles. The minimum Gasteiger partial charge on any atom is -0.465 e. The predicted octanol–water partition coefficient (Wildman–Crippen LogP) is -0.0512.